The summed E-state index contributed by atoms with van der Waals surface area (Å²) in [4.78, 5) is 11.6. The summed E-state index contributed by atoms with van der Waals surface area (Å²) < 4.78 is 6.16. The van der Waals surface area contributed by atoms with Crippen molar-refractivity contribution in [1.29, 1.82) is 0 Å². The Hall–Kier alpha value is -0.740. The molecule has 1 aromatic carbocycles. The van der Waals surface area contributed by atoms with E-state index >= 15 is 0 Å². The lowest BCUT2D eigenvalue weighted by atomic mass is 10.2. The number of rotatable bonds is 4. The quantitative estimate of drug-likeness (QED) is 0.811. The first kappa shape index (κ1) is 16.3. The first-order valence-electron chi connectivity index (χ1n) is 6.10. The Bertz CT molecular complexity index is 469. The summed E-state index contributed by atoms with van der Waals surface area (Å²) in [5, 5.41) is 3.86. The van der Waals surface area contributed by atoms with Crippen LogP contribution in [0.5, 0.6) is 0 Å². The van der Waals surface area contributed by atoms with Gasteiger partial charge in [0.2, 0.25) is 0 Å². The van der Waals surface area contributed by atoms with Crippen molar-refractivity contribution in [2.45, 2.75) is 39.7 Å². The zero-order chi connectivity index (χ0) is 14.6. The van der Waals surface area contributed by atoms with E-state index in [9.17, 15) is 4.79 Å². The molecule has 1 rings (SSSR count). The summed E-state index contributed by atoms with van der Waals surface area (Å²) in [6.07, 6.45) is 0.315. The minimum atomic E-state index is -0.440. The van der Waals surface area contributed by atoms with Gasteiger partial charge in [-0.25, -0.2) is 0 Å². The number of hydrogen-bond acceptors (Lipinski definition) is 3. The highest BCUT2D eigenvalue weighted by atomic mass is 79.9. The second kappa shape index (κ2) is 6.62. The van der Waals surface area contributed by atoms with Crippen LogP contribution in [0.1, 0.15) is 32.8 Å². The Morgan fingerprint density at radius 3 is 2.63 bits per heavy atom. The van der Waals surface area contributed by atoms with Gasteiger partial charge < -0.3 is 10.1 Å². The topological polar surface area (TPSA) is 38.3 Å². The maximum atomic E-state index is 11.6. The van der Waals surface area contributed by atoms with Gasteiger partial charge in [-0.15, -0.1) is 0 Å². The van der Waals surface area contributed by atoms with Crippen molar-refractivity contribution >= 4 is 39.2 Å². The Balaban J connectivity index is 2.50. The zero-order valence-electron chi connectivity index (χ0n) is 11.6. The highest BCUT2D eigenvalue weighted by molar-refractivity contribution is 9.10. The number of nitrogens with one attached hydrogen (secondary N) is 1. The van der Waals surface area contributed by atoms with Gasteiger partial charge in [0.1, 0.15) is 5.60 Å². The van der Waals surface area contributed by atoms with Crippen LogP contribution < -0.4 is 5.32 Å². The summed E-state index contributed by atoms with van der Waals surface area (Å²) in [6, 6.07) is 3.79. The molecule has 0 unspecified atom stereocenters. The van der Waals surface area contributed by atoms with Crippen LogP contribution in [0.25, 0.3) is 0 Å². The molecule has 0 atom stereocenters. The summed E-state index contributed by atoms with van der Waals surface area (Å²) in [5.41, 5.74) is 1.44. The van der Waals surface area contributed by atoms with Crippen LogP contribution in [0.3, 0.4) is 0 Å². The van der Waals surface area contributed by atoms with Gasteiger partial charge >= 0.3 is 5.97 Å². The van der Waals surface area contributed by atoms with Gasteiger partial charge in [0.05, 0.1) is 6.42 Å². The molecule has 1 aromatic rings. The predicted molar refractivity (Wildman–Crippen MR) is 82.8 cm³/mol. The lowest BCUT2D eigenvalue weighted by Gasteiger charge is -2.19. The third-order valence-electron chi connectivity index (χ3n) is 2.31. The van der Waals surface area contributed by atoms with Crippen LogP contribution in [0.4, 0.5) is 5.69 Å². The molecule has 0 amide bonds. The Labute approximate surface area is 127 Å². The maximum Gasteiger partial charge on any atom is 0.308 e. The van der Waals surface area contributed by atoms with Crippen molar-refractivity contribution in [3.8, 4) is 0 Å². The number of esters is 1. The van der Waals surface area contributed by atoms with E-state index < -0.39 is 5.60 Å². The summed E-state index contributed by atoms with van der Waals surface area (Å²) in [6.45, 7) is 8.02. The molecule has 106 valence electrons. The Morgan fingerprint density at radius 2 is 2.05 bits per heavy atom. The van der Waals surface area contributed by atoms with Crippen LogP contribution in [0.15, 0.2) is 16.6 Å². The molecule has 0 saturated heterocycles. The van der Waals surface area contributed by atoms with E-state index in [0.29, 0.717) is 18.0 Å². The van der Waals surface area contributed by atoms with Gasteiger partial charge in [0.15, 0.2) is 0 Å². The monoisotopic (exact) mass is 347 g/mol. The smallest absolute Gasteiger partial charge is 0.308 e. The molecule has 0 aliphatic carbocycles. The van der Waals surface area contributed by atoms with Crippen molar-refractivity contribution < 1.29 is 9.53 Å². The number of halogens is 2. The van der Waals surface area contributed by atoms with Gasteiger partial charge in [-0.05, 0) is 61.3 Å². The van der Waals surface area contributed by atoms with E-state index in [4.69, 9.17) is 16.3 Å². The van der Waals surface area contributed by atoms with E-state index in [1.807, 2.05) is 39.8 Å². The Kier molecular flexibility index (Phi) is 5.68. The number of benzene rings is 1. The maximum absolute atomic E-state index is 11.6. The molecule has 0 spiro atoms. The van der Waals surface area contributed by atoms with Gasteiger partial charge in [0.25, 0.3) is 0 Å². The van der Waals surface area contributed by atoms with Crippen LogP contribution in [-0.2, 0) is 9.53 Å². The standard InChI is InChI=1S/C14H19BrClNO2/c1-9-7-10(15)12(8-11(9)16)17-6-5-13(18)19-14(2,3)4/h7-8,17H,5-6H2,1-4H3. The molecule has 1 N–H and O–H groups in total. The molecule has 0 aliphatic rings. The molecule has 0 aliphatic heterocycles. The van der Waals surface area contributed by atoms with Crippen molar-refractivity contribution in [2.75, 3.05) is 11.9 Å². The molecule has 0 fully saturated rings. The minimum absolute atomic E-state index is 0.214. The van der Waals surface area contributed by atoms with Crippen LogP contribution in [0.2, 0.25) is 5.02 Å². The SMILES string of the molecule is Cc1cc(Br)c(NCCC(=O)OC(C)(C)C)cc1Cl. The van der Waals surface area contributed by atoms with Gasteiger partial charge in [-0.2, -0.15) is 0 Å². The average molecular weight is 349 g/mol. The fourth-order valence-electron chi connectivity index (χ4n) is 1.47. The van der Waals surface area contributed by atoms with E-state index in [1.54, 1.807) is 0 Å². The van der Waals surface area contributed by atoms with E-state index in [0.717, 1.165) is 15.7 Å². The second-order valence-electron chi connectivity index (χ2n) is 5.34. The molecule has 0 radical (unpaired) electrons. The van der Waals surface area contributed by atoms with Gasteiger partial charge in [-0.1, -0.05) is 11.6 Å². The highest BCUT2D eigenvalue weighted by Gasteiger charge is 2.15. The normalized spacial score (nSPS) is 11.3. The third-order valence-corrected chi connectivity index (χ3v) is 3.38. The fourth-order valence-corrected chi connectivity index (χ4v) is 2.24. The second-order valence-corrected chi connectivity index (χ2v) is 6.61. The highest BCUT2D eigenvalue weighted by Crippen LogP contribution is 2.29. The minimum Gasteiger partial charge on any atom is -0.460 e. The van der Waals surface area contributed by atoms with Crippen molar-refractivity contribution in [1.82, 2.24) is 0 Å². The molecule has 3 nitrogen and oxygen atoms in total. The first-order valence-corrected chi connectivity index (χ1v) is 7.27. The van der Waals surface area contributed by atoms with Crippen molar-refractivity contribution in [3.63, 3.8) is 0 Å². The molecule has 0 heterocycles. The van der Waals surface area contributed by atoms with E-state index in [2.05, 4.69) is 21.2 Å². The molecular formula is C14H19BrClNO2. The van der Waals surface area contributed by atoms with E-state index in [-0.39, 0.29) is 5.97 Å². The fraction of sp³-hybridized carbons (Fsp3) is 0.500. The summed E-state index contributed by atoms with van der Waals surface area (Å²) >= 11 is 9.52. The number of anilines is 1. The van der Waals surface area contributed by atoms with Crippen molar-refractivity contribution in [3.05, 3.63) is 27.2 Å². The lowest BCUT2D eigenvalue weighted by molar-refractivity contribution is -0.154. The largest absolute Gasteiger partial charge is 0.460 e. The Morgan fingerprint density at radius 1 is 1.42 bits per heavy atom. The molecule has 0 saturated carbocycles. The summed E-state index contributed by atoms with van der Waals surface area (Å²) in [7, 11) is 0. The van der Waals surface area contributed by atoms with Crippen LogP contribution in [-0.4, -0.2) is 18.1 Å². The number of carbonyl (C=O) groups is 1. The number of carbonyl (C=O) groups excluding carboxylic acids is 1. The molecule has 0 aromatic heterocycles. The van der Waals surface area contributed by atoms with Gasteiger partial charge in [0, 0.05) is 21.7 Å². The molecule has 19 heavy (non-hydrogen) atoms. The predicted octanol–water partition coefficient (Wildman–Crippen LogP) is 4.55. The average Bonchev–Trinajstić information content (AvgIpc) is 2.22. The van der Waals surface area contributed by atoms with Crippen molar-refractivity contribution in [2.24, 2.45) is 0 Å². The van der Waals surface area contributed by atoms with Gasteiger partial charge in [-0.3, -0.25) is 4.79 Å². The van der Waals surface area contributed by atoms with Crippen LogP contribution in [0, 0.1) is 6.92 Å². The molecule has 5 heteroatoms. The molecular weight excluding hydrogens is 330 g/mol. The lowest BCUT2D eigenvalue weighted by Crippen LogP contribution is -2.25. The summed E-state index contributed by atoms with van der Waals surface area (Å²) in [5.74, 6) is -0.214. The van der Waals surface area contributed by atoms with E-state index in [1.165, 1.54) is 0 Å². The first-order chi connectivity index (χ1) is 8.69. The molecule has 0 bridgehead atoms. The number of hydrogen-bond donors (Lipinski definition) is 1. The van der Waals surface area contributed by atoms with Crippen LogP contribution >= 0.6 is 27.5 Å². The third kappa shape index (κ3) is 5.83. The number of ether oxygens (including phenoxy) is 1. The number of aryl methyl sites for hydroxylation is 1. The zero-order valence-corrected chi connectivity index (χ0v) is 14.0.